The number of imidazole rings is 2. The van der Waals surface area contributed by atoms with E-state index in [9.17, 15) is 9.59 Å². The van der Waals surface area contributed by atoms with Gasteiger partial charge in [0.1, 0.15) is 5.69 Å². The van der Waals surface area contributed by atoms with Crippen LogP contribution in [0.1, 0.15) is 23.1 Å². The maximum atomic E-state index is 12.7. The standard InChI is InChI=1S/C20H17N3O3/c1-3-26-19(25)18(24)17-13(2)21-20-22(14-9-5-4-6-10-14)15-11-7-8-12-16(15)23(17)20/h4-12H,3H2,1-2H3. The highest BCUT2D eigenvalue weighted by molar-refractivity contribution is 6.40. The summed E-state index contributed by atoms with van der Waals surface area (Å²) in [6.45, 7) is 3.55. The summed E-state index contributed by atoms with van der Waals surface area (Å²) in [5.41, 5.74) is 3.37. The summed E-state index contributed by atoms with van der Waals surface area (Å²) >= 11 is 0. The Hall–Kier alpha value is -3.41. The van der Waals surface area contributed by atoms with E-state index in [2.05, 4.69) is 4.98 Å². The van der Waals surface area contributed by atoms with Crippen LogP contribution in [0.5, 0.6) is 0 Å². The van der Waals surface area contributed by atoms with Crippen LogP contribution in [0.2, 0.25) is 0 Å². The van der Waals surface area contributed by atoms with E-state index < -0.39 is 11.8 Å². The number of ketones is 1. The van der Waals surface area contributed by atoms with Gasteiger partial charge in [-0.2, -0.15) is 0 Å². The highest BCUT2D eigenvalue weighted by atomic mass is 16.5. The van der Waals surface area contributed by atoms with Gasteiger partial charge in [0.25, 0.3) is 5.78 Å². The Labute approximate surface area is 149 Å². The molecule has 0 aliphatic heterocycles. The average molecular weight is 347 g/mol. The molecule has 0 N–H and O–H groups in total. The molecule has 0 amide bonds. The number of nitrogens with zero attached hydrogens (tertiary/aromatic N) is 3. The Morgan fingerprint density at radius 3 is 2.35 bits per heavy atom. The fourth-order valence-electron chi connectivity index (χ4n) is 3.23. The number of hydrogen-bond acceptors (Lipinski definition) is 4. The van der Waals surface area contributed by atoms with Crippen molar-refractivity contribution in [3.8, 4) is 5.69 Å². The molecule has 26 heavy (non-hydrogen) atoms. The van der Waals surface area contributed by atoms with Gasteiger partial charge in [0, 0.05) is 5.69 Å². The van der Waals surface area contributed by atoms with Crippen LogP contribution >= 0.6 is 0 Å². The molecule has 4 rings (SSSR count). The van der Waals surface area contributed by atoms with Crippen LogP contribution < -0.4 is 0 Å². The van der Waals surface area contributed by atoms with Crippen LogP contribution in [-0.4, -0.2) is 32.3 Å². The van der Waals surface area contributed by atoms with Gasteiger partial charge in [-0.05, 0) is 38.1 Å². The minimum Gasteiger partial charge on any atom is -0.460 e. The summed E-state index contributed by atoms with van der Waals surface area (Å²) in [7, 11) is 0. The number of para-hydroxylation sites is 3. The molecule has 0 radical (unpaired) electrons. The average Bonchev–Trinajstić information content (AvgIpc) is 3.14. The number of esters is 1. The molecule has 0 atom stereocenters. The first-order valence-corrected chi connectivity index (χ1v) is 8.39. The highest BCUT2D eigenvalue weighted by Gasteiger charge is 2.28. The number of aryl methyl sites for hydroxylation is 1. The number of rotatable bonds is 4. The number of carbonyl (C=O) groups excluding carboxylic acids is 2. The van der Waals surface area contributed by atoms with E-state index in [1.807, 2.05) is 59.2 Å². The fraction of sp³-hybridized carbons (Fsp3) is 0.150. The van der Waals surface area contributed by atoms with E-state index in [0.717, 1.165) is 16.7 Å². The predicted octanol–water partition coefficient (Wildman–Crippen LogP) is 3.33. The van der Waals surface area contributed by atoms with Crippen molar-refractivity contribution in [2.75, 3.05) is 6.61 Å². The van der Waals surface area contributed by atoms with Crippen molar-refractivity contribution in [2.24, 2.45) is 0 Å². The fourth-order valence-corrected chi connectivity index (χ4v) is 3.23. The van der Waals surface area contributed by atoms with Crippen molar-refractivity contribution >= 4 is 28.6 Å². The summed E-state index contributed by atoms with van der Waals surface area (Å²) in [5, 5.41) is 0. The Morgan fingerprint density at radius 2 is 1.65 bits per heavy atom. The van der Waals surface area contributed by atoms with Crippen LogP contribution in [0.4, 0.5) is 0 Å². The van der Waals surface area contributed by atoms with Crippen LogP contribution in [0, 0.1) is 6.92 Å². The number of ether oxygens (including phenoxy) is 1. The smallest absolute Gasteiger partial charge is 0.381 e. The van der Waals surface area contributed by atoms with Crippen molar-refractivity contribution in [3.05, 3.63) is 66.0 Å². The van der Waals surface area contributed by atoms with Crippen molar-refractivity contribution in [1.82, 2.24) is 14.0 Å². The van der Waals surface area contributed by atoms with Crippen LogP contribution in [0.15, 0.2) is 54.6 Å². The predicted molar refractivity (Wildman–Crippen MR) is 97.7 cm³/mol. The van der Waals surface area contributed by atoms with Crippen molar-refractivity contribution in [2.45, 2.75) is 13.8 Å². The molecule has 0 unspecified atom stereocenters. The molecular formula is C20H17N3O3. The summed E-state index contributed by atoms with van der Waals surface area (Å²) in [6.07, 6.45) is 0. The molecule has 2 heterocycles. The molecule has 6 nitrogen and oxygen atoms in total. The van der Waals surface area contributed by atoms with E-state index in [1.54, 1.807) is 18.2 Å². The summed E-state index contributed by atoms with van der Waals surface area (Å²) < 4.78 is 8.61. The Bertz CT molecular complexity index is 1140. The molecule has 0 saturated carbocycles. The van der Waals surface area contributed by atoms with Crippen LogP contribution in [-0.2, 0) is 9.53 Å². The lowest BCUT2D eigenvalue weighted by atomic mass is 10.2. The zero-order valence-corrected chi connectivity index (χ0v) is 14.5. The maximum absolute atomic E-state index is 12.7. The van der Waals surface area contributed by atoms with Crippen LogP contribution in [0.3, 0.4) is 0 Å². The zero-order chi connectivity index (χ0) is 18.3. The molecule has 0 bridgehead atoms. The molecule has 4 aromatic rings. The van der Waals surface area contributed by atoms with Gasteiger partial charge in [0.2, 0.25) is 5.78 Å². The zero-order valence-electron chi connectivity index (χ0n) is 14.5. The molecule has 2 aromatic heterocycles. The SMILES string of the molecule is CCOC(=O)C(=O)c1c(C)nc2n(-c3ccccc3)c3ccccc3n12. The molecular weight excluding hydrogens is 330 g/mol. The van der Waals surface area contributed by atoms with Crippen LogP contribution in [0.25, 0.3) is 22.5 Å². The maximum Gasteiger partial charge on any atom is 0.381 e. The lowest BCUT2D eigenvalue weighted by molar-refractivity contribution is -0.137. The topological polar surface area (TPSA) is 65.6 Å². The van der Waals surface area contributed by atoms with E-state index in [-0.39, 0.29) is 12.3 Å². The third-order valence-electron chi connectivity index (χ3n) is 4.29. The number of fused-ring (bicyclic) bond motifs is 3. The molecule has 0 fully saturated rings. The first-order valence-electron chi connectivity index (χ1n) is 8.39. The minimum absolute atomic E-state index is 0.150. The largest absolute Gasteiger partial charge is 0.460 e. The number of Topliss-reactive ketones (excluding diaryl/α,β-unsaturated/α-hetero) is 1. The van der Waals surface area contributed by atoms with E-state index in [4.69, 9.17) is 4.74 Å². The summed E-state index contributed by atoms with van der Waals surface area (Å²) in [5.74, 6) is -0.968. The van der Waals surface area contributed by atoms with Gasteiger partial charge in [-0.15, -0.1) is 0 Å². The molecule has 0 spiro atoms. The van der Waals surface area contributed by atoms with Gasteiger partial charge in [0.05, 0.1) is 23.3 Å². The Balaban J connectivity index is 2.07. The van der Waals surface area contributed by atoms with E-state index >= 15 is 0 Å². The van der Waals surface area contributed by atoms with Gasteiger partial charge in [-0.25, -0.2) is 9.78 Å². The molecule has 0 aliphatic rings. The van der Waals surface area contributed by atoms with Gasteiger partial charge in [-0.1, -0.05) is 30.3 Å². The monoisotopic (exact) mass is 347 g/mol. The minimum atomic E-state index is -0.867. The van der Waals surface area contributed by atoms with Crippen molar-refractivity contribution in [3.63, 3.8) is 0 Å². The first kappa shape index (κ1) is 16.1. The highest BCUT2D eigenvalue weighted by Crippen LogP contribution is 2.27. The normalized spacial score (nSPS) is 11.2. The Morgan fingerprint density at radius 1 is 1.00 bits per heavy atom. The molecule has 2 aromatic carbocycles. The molecule has 6 heteroatoms. The van der Waals surface area contributed by atoms with Gasteiger partial charge < -0.3 is 4.74 Å². The molecule has 0 saturated heterocycles. The molecule has 0 aliphatic carbocycles. The second kappa shape index (κ2) is 6.15. The van der Waals surface area contributed by atoms with Crippen molar-refractivity contribution in [1.29, 1.82) is 0 Å². The van der Waals surface area contributed by atoms with Gasteiger partial charge in [0.15, 0.2) is 0 Å². The quantitative estimate of drug-likeness (QED) is 0.323. The summed E-state index contributed by atoms with van der Waals surface area (Å²) in [4.78, 5) is 29.3. The number of hydrogen-bond donors (Lipinski definition) is 0. The second-order valence-corrected chi connectivity index (χ2v) is 5.89. The summed E-state index contributed by atoms with van der Waals surface area (Å²) in [6, 6.07) is 17.5. The van der Waals surface area contributed by atoms with E-state index in [1.165, 1.54) is 0 Å². The second-order valence-electron chi connectivity index (χ2n) is 5.89. The third-order valence-corrected chi connectivity index (χ3v) is 4.29. The molecule has 130 valence electrons. The van der Waals surface area contributed by atoms with Gasteiger partial charge >= 0.3 is 5.97 Å². The Kier molecular flexibility index (Phi) is 3.80. The number of aromatic nitrogens is 3. The first-order chi connectivity index (χ1) is 12.6. The number of benzene rings is 2. The van der Waals surface area contributed by atoms with E-state index in [0.29, 0.717) is 11.5 Å². The number of carbonyl (C=O) groups is 2. The van der Waals surface area contributed by atoms with Crippen molar-refractivity contribution < 1.29 is 14.3 Å². The lowest BCUT2D eigenvalue weighted by Crippen LogP contribution is -2.20. The lowest BCUT2D eigenvalue weighted by Gasteiger charge is -2.04. The third kappa shape index (κ3) is 2.30. The van der Waals surface area contributed by atoms with Gasteiger partial charge in [-0.3, -0.25) is 13.8 Å².